The van der Waals surface area contributed by atoms with Gasteiger partial charge in [-0.25, -0.2) is 0 Å². The molecule has 0 bridgehead atoms. The maximum Gasteiger partial charge on any atom is 0.398 e. The summed E-state index contributed by atoms with van der Waals surface area (Å²) in [6, 6.07) is 0. The molecule has 1 nitrogen and oxygen atoms in total. The summed E-state index contributed by atoms with van der Waals surface area (Å²) < 4.78 is 40.9. The number of ether oxygens (including phenoxy) is 1. The van der Waals surface area contributed by atoms with Crippen LogP contribution in [-0.2, 0) is 4.74 Å². The maximum atomic E-state index is 12.1. The summed E-state index contributed by atoms with van der Waals surface area (Å²) in [5.74, 6) is -1.44. The van der Waals surface area contributed by atoms with Crippen LogP contribution in [0.1, 0.15) is 6.92 Å². The standard InChI is InChI=1S/C7H9F3O/c1-6(11-2)4-3-5(6)7(8,9)10/h3-5H,1-2H3. The monoisotopic (exact) mass is 166 g/mol. The van der Waals surface area contributed by atoms with Crippen LogP contribution in [0.25, 0.3) is 0 Å². The third-order valence-electron chi connectivity index (χ3n) is 2.03. The average Bonchev–Trinajstić information content (AvgIpc) is 1.80. The molecule has 0 spiro atoms. The number of alkyl halides is 3. The van der Waals surface area contributed by atoms with E-state index in [9.17, 15) is 13.2 Å². The van der Waals surface area contributed by atoms with Crippen molar-refractivity contribution < 1.29 is 17.9 Å². The van der Waals surface area contributed by atoms with Gasteiger partial charge in [0.2, 0.25) is 0 Å². The summed E-state index contributed by atoms with van der Waals surface area (Å²) >= 11 is 0. The first kappa shape index (κ1) is 8.59. The van der Waals surface area contributed by atoms with E-state index in [0.717, 1.165) is 6.08 Å². The quantitative estimate of drug-likeness (QED) is 0.542. The molecule has 0 aromatic rings. The molecule has 4 heteroatoms. The van der Waals surface area contributed by atoms with Crippen molar-refractivity contribution in [2.45, 2.75) is 18.7 Å². The third kappa shape index (κ3) is 1.27. The summed E-state index contributed by atoms with van der Waals surface area (Å²) in [5.41, 5.74) is -1.14. The van der Waals surface area contributed by atoms with Crippen molar-refractivity contribution in [2.24, 2.45) is 5.92 Å². The molecule has 0 radical (unpaired) electrons. The molecule has 1 rings (SSSR count). The zero-order valence-electron chi connectivity index (χ0n) is 6.27. The second-order valence-corrected chi connectivity index (χ2v) is 2.77. The molecule has 0 saturated heterocycles. The SMILES string of the molecule is COC1(C)C=CC1C(F)(F)F. The van der Waals surface area contributed by atoms with E-state index >= 15 is 0 Å². The Hall–Kier alpha value is -0.510. The van der Waals surface area contributed by atoms with Crippen molar-refractivity contribution in [1.29, 1.82) is 0 Å². The van der Waals surface area contributed by atoms with Gasteiger partial charge in [0.1, 0.15) is 5.92 Å². The zero-order chi connectivity index (χ0) is 8.70. The van der Waals surface area contributed by atoms with Crippen molar-refractivity contribution >= 4 is 0 Å². The Kier molecular flexibility index (Phi) is 1.75. The lowest BCUT2D eigenvalue weighted by molar-refractivity contribution is -0.211. The van der Waals surface area contributed by atoms with Crippen LogP contribution < -0.4 is 0 Å². The maximum absolute atomic E-state index is 12.1. The predicted molar refractivity (Wildman–Crippen MR) is 34.1 cm³/mol. The Morgan fingerprint density at radius 3 is 2.09 bits per heavy atom. The molecule has 1 aliphatic carbocycles. The summed E-state index contributed by atoms with van der Waals surface area (Å²) in [5, 5.41) is 0. The lowest BCUT2D eigenvalue weighted by Gasteiger charge is -2.39. The van der Waals surface area contributed by atoms with E-state index in [-0.39, 0.29) is 0 Å². The van der Waals surface area contributed by atoms with E-state index < -0.39 is 17.7 Å². The summed E-state index contributed by atoms with van der Waals surface area (Å²) in [6.07, 6.45) is -1.64. The van der Waals surface area contributed by atoms with Crippen LogP contribution in [0.4, 0.5) is 13.2 Å². The summed E-state index contributed by atoms with van der Waals surface area (Å²) in [7, 11) is 1.28. The van der Waals surface area contributed by atoms with Gasteiger partial charge in [-0.3, -0.25) is 0 Å². The Morgan fingerprint density at radius 2 is 2.00 bits per heavy atom. The molecule has 11 heavy (non-hydrogen) atoms. The van der Waals surface area contributed by atoms with Gasteiger partial charge < -0.3 is 4.74 Å². The van der Waals surface area contributed by atoms with Crippen molar-refractivity contribution in [3.63, 3.8) is 0 Å². The lowest BCUT2D eigenvalue weighted by atomic mass is 9.78. The Labute approximate surface area is 62.8 Å². The van der Waals surface area contributed by atoms with Crippen molar-refractivity contribution in [1.82, 2.24) is 0 Å². The summed E-state index contributed by atoms with van der Waals surface area (Å²) in [6.45, 7) is 1.42. The minimum absolute atomic E-state index is 1.11. The van der Waals surface area contributed by atoms with Crippen LogP contribution in [0.5, 0.6) is 0 Å². The first-order chi connectivity index (χ1) is 4.90. The van der Waals surface area contributed by atoms with Gasteiger partial charge >= 0.3 is 6.18 Å². The molecule has 0 aromatic heterocycles. The number of hydrogen-bond acceptors (Lipinski definition) is 1. The first-order valence-corrected chi connectivity index (χ1v) is 3.21. The molecule has 64 valence electrons. The molecule has 2 atom stereocenters. The molecular weight excluding hydrogens is 157 g/mol. The molecule has 0 aromatic carbocycles. The molecule has 0 N–H and O–H groups in total. The fourth-order valence-corrected chi connectivity index (χ4v) is 1.09. The lowest BCUT2D eigenvalue weighted by Crippen LogP contribution is -2.48. The largest absolute Gasteiger partial charge is 0.398 e. The van der Waals surface area contributed by atoms with Gasteiger partial charge in [-0.05, 0) is 6.92 Å². The van der Waals surface area contributed by atoms with E-state index in [2.05, 4.69) is 0 Å². The molecular formula is C7H9F3O. The van der Waals surface area contributed by atoms with E-state index in [1.807, 2.05) is 0 Å². The van der Waals surface area contributed by atoms with Gasteiger partial charge in [-0.2, -0.15) is 13.2 Å². The van der Waals surface area contributed by atoms with Gasteiger partial charge in [-0.15, -0.1) is 0 Å². The summed E-state index contributed by atoms with van der Waals surface area (Å²) in [4.78, 5) is 0. The molecule has 0 aliphatic heterocycles. The van der Waals surface area contributed by atoms with Crippen LogP contribution in [0.2, 0.25) is 0 Å². The first-order valence-electron chi connectivity index (χ1n) is 3.21. The Balaban J connectivity index is 2.74. The molecule has 0 fully saturated rings. The van der Waals surface area contributed by atoms with Crippen LogP contribution in [0.3, 0.4) is 0 Å². The molecule has 2 unspecified atom stereocenters. The van der Waals surface area contributed by atoms with Gasteiger partial charge in [-0.1, -0.05) is 12.2 Å². The van der Waals surface area contributed by atoms with E-state index in [4.69, 9.17) is 4.74 Å². The molecule has 1 aliphatic rings. The van der Waals surface area contributed by atoms with E-state index in [0.29, 0.717) is 0 Å². The van der Waals surface area contributed by atoms with E-state index in [1.165, 1.54) is 20.1 Å². The molecule has 0 heterocycles. The third-order valence-corrected chi connectivity index (χ3v) is 2.03. The van der Waals surface area contributed by atoms with Gasteiger partial charge in [0.15, 0.2) is 0 Å². The molecule has 0 amide bonds. The Morgan fingerprint density at radius 1 is 1.45 bits per heavy atom. The van der Waals surface area contributed by atoms with Crippen LogP contribution in [0, 0.1) is 5.92 Å². The molecule has 0 saturated carbocycles. The highest BCUT2D eigenvalue weighted by atomic mass is 19.4. The second-order valence-electron chi connectivity index (χ2n) is 2.77. The van der Waals surface area contributed by atoms with Gasteiger partial charge in [0, 0.05) is 7.11 Å². The van der Waals surface area contributed by atoms with Gasteiger partial charge in [0.25, 0.3) is 0 Å². The smallest absolute Gasteiger partial charge is 0.373 e. The highest BCUT2D eigenvalue weighted by Gasteiger charge is 2.53. The highest BCUT2D eigenvalue weighted by Crippen LogP contribution is 2.44. The zero-order valence-corrected chi connectivity index (χ0v) is 6.27. The minimum atomic E-state index is -4.18. The number of halogens is 3. The number of rotatable bonds is 1. The highest BCUT2D eigenvalue weighted by molar-refractivity contribution is 5.21. The normalized spacial score (nSPS) is 37.0. The number of hydrogen-bond donors (Lipinski definition) is 0. The Bertz CT molecular complexity index is 185. The minimum Gasteiger partial charge on any atom is -0.373 e. The van der Waals surface area contributed by atoms with Crippen molar-refractivity contribution in [3.8, 4) is 0 Å². The van der Waals surface area contributed by atoms with Crippen LogP contribution >= 0.6 is 0 Å². The number of methoxy groups -OCH3 is 1. The van der Waals surface area contributed by atoms with Crippen LogP contribution in [0.15, 0.2) is 12.2 Å². The fraction of sp³-hybridized carbons (Fsp3) is 0.714. The average molecular weight is 166 g/mol. The topological polar surface area (TPSA) is 9.23 Å². The fourth-order valence-electron chi connectivity index (χ4n) is 1.09. The van der Waals surface area contributed by atoms with Crippen molar-refractivity contribution in [3.05, 3.63) is 12.2 Å². The van der Waals surface area contributed by atoms with Gasteiger partial charge in [0.05, 0.1) is 5.60 Å². The second kappa shape index (κ2) is 2.24. The predicted octanol–water partition coefficient (Wildman–Crippen LogP) is 2.14. The van der Waals surface area contributed by atoms with E-state index in [1.54, 1.807) is 0 Å². The van der Waals surface area contributed by atoms with Crippen molar-refractivity contribution in [2.75, 3.05) is 7.11 Å². The van der Waals surface area contributed by atoms with Crippen LogP contribution in [-0.4, -0.2) is 18.9 Å².